The third-order valence-electron chi connectivity index (χ3n) is 2.10. The highest BCUT2D eigenvalue weighted by Gasteiger charge is 2.23. The lowest BCUT2D eigenvalue weighted by molar-refractivity contribution is -0.141. The summed E-state index contributed by atoms with van der Waals surface area (Å²) in [5, 5.41) is 2.63. The van der Waals surface area contributed by atoms with Crippen LogP contribution in [0.15, 0.2) is 0 Å². The van der Waals surface area contributed by atoms with E-state index in [4.69, 9.17) is 9.47 Å². The van der Waals surface area contributed by atoms with Gasteiger partial charge >= 0.3 is 12.1 Å². The van der Waals surface area contributed by atoms with E-state index >= 15 is 0 Å². The average molecular weight is 229 g/mol. The summed E-state index contributed by atoms with van der Waals surface area (Å²) in [6.45, 7) is 5.90. The smallest absolute Gasteiger partial charge is 0.407 e. The van der Waals surface area contributed by atoms with Crippen molar-refractivity contribution < 1.29 is 19.1 Å². The second-order valence-electron chi connectivity index (χ2n) is 4.87. The van der Waals surface area contributed by atoms with Gasteiger partial charge in [-0.2, -0.15) is 0 Å². The van der Waals surface area contributed by atoms with Gasteiger partial charge in [0.15, 0.2) is 0 Å². The molecule has 0 aromatic carbocycles. The number of amides is 1. The first-order chi connectivity index (χ1) is 7.37. The minimum absolute atomic E-state index is 0.0533. The minimum Gasteiger partial charge on any atom is -0.462 e. The Labute approximate surface area is 95.5 Å². The molecule has 0 spiro atoms. The van der Waals surface area contributed by atoms with Crippen molar-refractivity contribution in [3.8, 4) is 0 Å². The highest BCUT2D eigenvalue weighted by atomic mass is 16.6. The molecule has 0 aliphatic carbocycles. The summed E-state index contributed by atoms with van der Waals surface area (Å²) in [6.07, 6.45) is 1.39. The van der Waals surface area contributed by atoms with Crippen LogP contribution in [0.2, 0.25) is 0 Å². The van der Waals surface area contributed by atoms with Crippen LogP contribution in [0.5, 0.6) is 0 Å². The molecule has 5 nitrogen and oxygen atoms in total. The molecule has 0 bridgehead atoms. The van der Waals surface area contributed by atoms with Gasteiger partial charge in [0.05, 0.1) is 0 Å². The summed E-state index contributed by atoms with van der Waals surface area (Å²) in [4.78, 5) is 22.1. The summed E-state index contributed by atoms with van der Waals surface area (Å²) in [5.41, 5.74) is -0.482. The second kappa shape index (κ2) is 5.18. The Morgan fingerprint density at radius 3 is 2.75 bits per heavy atom. The molecule has 1 aliphatic rings. The van der Waals surface area contributed by atoms with E-state index in [1.54, 1.807) is 0 Å². The van der Waals surface area contributed by atoms with Gasteiger partial charge in [0.2, 0.25) is 0 Å². The van der Waals surface area contributed by atoms with Gasteiger partial charge in [0.25, 0.3) is 0 Å². The predicted octanol–water partition coefficient (Wildman–Crippen LogP) is 1.61. The summed E-state index contributed by atoms with van der Waals surface area (Å²) in [7, 11) is 0. The zero-order valence-corrected chi connectivity index (χ0v) is 10.0. The molecule has 5 heteroatoms. The molecular weight excluding hydrogens is 210 g/mol. The highest BCUT2D eigenvalue weighted by Crippen LogP contribution is 2.16. The molecule has 92 valence electrons. The fourth-order valence-corrected chi connectivity index (χ4v) is 1.44. The summed E-state index contributed by atoms with van der Waals surface area (Å²) in [5.74, 6) is -0.151. The van der Waals surface area contributed by atoms with Crippen molar-refractivity contribution in [1.29, 1.82) is 0 Å². The molecule has 1 heterocycles. The van der Waals surface area contributed by atoms with Gasteiger partial charge in [-0.3, -0.25) is 4.79 Å². The van der Waals surface area contributed by atoms with Crippen molar-refractivity contribution in [3.63, 3.8) is 0 Å². The van der Waals surface area contributed by atoms with Crippen LogP contribution in [-0.4, -0.2) is 30.3 Å². The lowest BCUT2D eigenvalue weighted by Crippen LogP contribution is -2.34. The van der Waals surface area contributed by atoms with Gasteiger partial charge in [-0.05, 0) is 27.2 Å². The molecule has 0 saturated carbocycles. The van der Waals surface area contributed by atoms with Crippen molar-refractivity contribution in [3.05, 3.63) is 0 Å². The Kier molecular flexibility index (Phi) is 4.15. The molecule has 1 aliphatic heterocycles. The molecule has 1 saturated heterocycles. The molecule has 0 radical (unpaired) electrons. The standard InChI is InChI=1S/C11H19NO4/c1-11(2,3)16-10(14)12-7-6-8-4-5-9(13)15-8/h8H,4-7H2,1-3H3,(H,12,14)/t8-/m1/s1. The summed E-state index contributed by atoms with van der Waals surface area (Å²) < 4.78 is 10.1. The lowest BCUT2D eigenvalue weighted by atomic mass is 10.2. The van der Waals surface area contributed by atoms with Crippen molar-refractivity contribution in [2.24, 2.45) is 0 Å². The van der Waals surface area contributed by atoms with E-state index < -0.39 is 11.7 Å². The molecule has 16 heavy (non-hydrogen) atoms. The number of carbonyl (C=O) groups is 2. The maximum absolute atomic E-state index is 11.3. The van der Waals surface area contributed by atoms with E-state index in [1.165, 1.54) is 0 Å². The van der Waals surface area contributed by atoms with Crippen molar-refractivity contribution in [2.75, 3.05) is 6.54 Å². The molecule has 0 aromatic heterocycles. The summed E-state index contributed by atoms with van der Waals surface area (Å²) in [6, 6.07) is 0. The fourth-order valence-electron chi connectivity index (χ4n) is 1.44. The topological polar surface area (TPSA) is 64.6 Å². The molecular formula is C11H19NO4. The Morgan fingerprint density at radius 2 is 2.25 bits per heavy atom. The van der Waals surface area contributed by atoms with Crippen LogP contribution in [0.4, 0.5) is 4.79 Å². The second-order valence-corrected chi connectivity index (χ2v) is 4.87. The number of nitrogens with one attached hydrogen (secondary N) is 1. The molecule has 1 fully saturated rings. The van der Waals surface area contributed by atoms with E-state index in [9.17, 15) is 9.59 Å². The highest BCUT2D eigenvalue weighted by molar-refractivity contribution is 5.71. The van der Waals surface area contributed by atoms with Crippen LogP contribution < -0.4 is 5.32 Å². The van der Waals surface area contributed by atoms with Gasteiger partial charge in [-0.25, -0.2) is 4.79 Å². The summed E-state index contributed by atoms with van der Waals surface area (Å²) >= 11 is 0. The zero-order chi connectivity index (χ0) is 12.2. The fraction of sp³-hybridized carbons (Fsp3) is 0.818. The first kappa shape index (κ1) is 12.8. The Morgan fingerprint density at radius 1 is 1.56 bits per heavy atom. The van der Waals surface area contributed by atoms with Gasteiger partial charge in [0.1, 0.15) is 11.7 Å². The first-order valence-electron chi connectivity index (χ1n) is 5.53. The van der Waals surface area contributed by atoms with E-state index in [-0.39, 0.29) is 12.1 Å². The van der Waals surface area contributed by atoms with E-state index in [2.05, 4.69) is 5.32 Å². The molecule has 1 amide bonds. The lowest BCUT2D eigenvalue weighted by Gasteiger charge is -2.20. The first-order valence-corrected chi connectivity index (χ1v) is 5.53. The van der Waals surface area contributed by atoms with Gasteiger partial charge in [-0.15, -0.1) is 0 Å². The third-order valence-corrected chi connectivity index (χ3v) is 2.10. The number of carbonyl (C=O) groups excluding carboxylic acids is 2. The molecule has 1 rings (SSSR count). The number of cyclic esters (lactones) is 1. The Bertz CT molecular complexity index is 270. The maximum Gasteiger partial charge on any atom is 0.407 e. The Balaban J connectivity index is 2.11. The van der Waals surface area contributed by atoms with E-state index in [0.717, 1.165) is 6.42 Å². The number of alkyl carbamates (subject to hydrolysis) is 1. The minimum atomic E-state index is -0.482. The number of ether oxygens (including phenoxy) is 2. The van der Waals surface area contributed by atoms with Crippen LogP contribution in [-0.2, 0) is 14.3 Å². The normalized spacial score (nSPS) is 20.4. The number of esters is 1. The van der Waals surface area contributed by atoms with E-state index in [1.807, 2.05) is 20.8 Å². The van der Waals surface area contributed by atoms with Crippen molar-refractivity contribution in [1.82, 2.24) is 5.32 Å². The van der Waals surface area contributed by atoms with Crippen LogP contribution in [0, 0.1) is 0 Å². The quantitative estimate of drug-likeness (QED) is 0.747. The van der Waals surface area contributed by atoms with Gasteiger partial charge < -0.3 is 14.8 Å². The predicted molar refractivity (Wildman–Crippen MR) is 58.0 cm³/mol. The zero-order valence-electron chi connectivity index (χ0n) is 10.0. The Hall–Kier alpha value is -1.26. The van der Waals surface area contributed by atoms with Crippen LogP contribution >= 0.6 is 0 Å². The average Bonchev–Trinajstić information content (AvgIpc) is 2.48. The molecule has 1 atom stereocenters. The number of rotatable bonds is 3. The van der Waals surface area contributed by atoms with Crippen LogP contribution in [0.1, 0.15) is 40.0 Å². The molecule has 0 aromatic rings. The maximum atomic E-state index is 11.3. The van der Waals surface area contributed by atoms with E-state index in [0.29, 0.717) is 19.4 Å². The van der Waals surface area contributed by atoms with Gasteiger partial charge in [-0.1, -0.05) is 0 Å². The third kappa shape index (κ3) is 5.00. The SMILES string of the molecule is CC(C)(C)OC(=O)NCC[C@H]1CCC(=O)O1. The number of hydrogen-bond donors (Lipinski definition) is 1. The molecule has 1 N–H and O–H groups in total. The number of hydrogen-bond acceptors (Lipinski definition) is 4. The van der Waals surface area contributed by atoms with Gasteiger partial charge in [0, 0.05) is 19.4 Å². The largest absolute Gasteiger partial charge is 0.462 e. The van der Waals surface area contributed by atoms with Crippen LogP contribution in [0.3, 0.4) is 0 Å². The molecule has 0 unspecified atom stereocenters. The van der Waals surface area contributed by atoms with Crippen molar-refractivity contribution >= 4 is 12.1 Å². The monoisotopic (exact) mass is 229 g/mol. The van der Waals surface area contributed by atoms with Crippen molar-refractivity contribution in [2.45, 2.75) is 51.7 Å². The van der Waals surface area contributed by atoms with Crippen LogP contribution in [0.25, 0.3) is 0 Å².